The number of nitrogens with one attached hydrogen (secondary N) is 1. The molecule has 1 aromatic rings. The van der Waals surface area contributed by atoms with E-state index in [1.807, 2.05) is 13.8 Å². The van der Waals surface area contributed by atoms with Gasteiger partial charge in [-0.3, -0.25) is 4.79 Å². The van der Waals surface area contributed by atoms with E-state index in [4.69, 9.17) is 4.74 Å². The van der Waals surface area contributed by atoms with Gasteiger partial charge in [-0.25, -0.2) is 4.39 Å². The van der Waals surface area contributed by atoms with Crippen molar-refractivity contribution in [3.05, 3.63) is 30.1 Å². The van der Waals surface area contributed by atoms with Crippen molar-refractivity contribution < 1.29 is 13.9 Å². The Morgan fingerprint density at radius 3 is 2.58 bits per heavy atom. The largest absolute Gasteiger partial charge is 0.468 e. The van der Waals surface area contributed by atoms with Crippen molar-refractivity contribution in [2.24, 2.45) is 0 Å². The third kappa shape index (κ3) is 4.52. The Balaban J connectivity index is 2.78. The number of methoxy groups -OCH3 is 1. The zero-order valence-corrected chi connectivity index (χ0v) is 11.8. The fourth-order valence-corrected chi connectivity index (χ4v) is 1.87. The maximum atomic E-state index is 13.7. The van der Waals surface area contributed by atoms with E-state index in [1.165, 1.54) is 13.2 Å². The van der Waals surface area contributed by atoms with Crippen LogP contribution in [0, 0.1) is 5.82 Å². The third-order valence-corrected chi connectivity index (χ3v) is 2.74. The highest BCUT2D eigenvalue weighted by Gasteiger charge is 2.22. The second-order valence-corrected chi connectivity index (χ2v) is 4.73. The Kier molecular flexibility index (Phi) is 5.76. The molecule has 106 valence electrons. The number of carbonyl (C=O) groups is 1. The van der Waals surface area contributed by atoms with Crippen molar-refractivity contribution in [2.45, 2.75) is 25.9 Å². The lowest BCUT2D eigenvalue weighted by atomic mass is 10.2. The summed E-state index contributed by atoms with van der Waals surface area (Å²) in [5, 5.41) is 3.11. The first-order valence-corrected chi connectivity index (χ1v) is 6.25. The van der Waals surface area contributed by atoms with Crippen molar-refractivity contribution in [2.75, 3.05) is 25.6 Å². The van der Waals surface area contributed by atoms with Crippen LogP contribution in [0.1, 0.15) is 13.8 Å². The summed E-state index contributed by atoms with van der Waals surface area (Å²) in [7, 11) is 3.09. The standard InChI is InChI=1S/C14H21FN2O2/c1-10(2)16-12(14(18)19-4)9-17(3)13-8-6-5-7-11(13)15/h5-8,10,12,16H,9H2,1-4H3. The maximum Gasteiger partial charge on any atom is 0.324 e. The number of likely N-dealkylation sites (N-methyl/N-ethyl adjacent to an activating group) is 1. The molecule has 0 aliphatic carbocycles. The van der Waals surface area contributed by atoms with Crippen LogP contribution >= 0.6 is 0 Å². The summed E-state index contributed by atoms with van der Waals surface area (Å²) < 4.78 is 18.4. The van der Waals surface area contributed by atoms with Crippen LogP contribution in [0.3, 0.4) is 0 Å². The molecular weight excluding hydrogens is 247 g/mol. The molecule has 0 bridgehead atoms. The van der Waals surface area contributed by atoms with Crippen molar-refractivity contribution >= 4 is 11.7 Å². The zero-order chi connectivity index (χ0) is 14.4. The molecule has 0 fully saturated rings. The molecule has 19 heavy (non-hydrogen) atoms. The molecule has 0 aliphatic heterocycles. The van der Waals surface area contributed by atoms with Gasteiger partial charge < -0.3 is 15.0 Å². The molecule has 0 spiro atoms. The van der Waals surface area contributed by atoms with Gasteiger partial charge in [0.2, 0.25) is 0 Å². The lowest BCUT2D eigenvalue weighted by molar-refractivity contribution is -0.143. The van der Waals surface area contributed by atoms with Crippen molar-refractivity contribution in [1.82, 2.24) is 5.32 Å². The van der Waals surface area contributed by atoms with Crippen LogP contribution in [0.25, 0.3) is 0 Å². The quantitative estimate of drug-likeness (QED) is 0.799. The van der Waals surface area contributed by atoms with E-state index in [0.29, 0.717) is 12.2 Å². The normalized spacial score (nSPS) is 12.3. The number of anilines is 1. The molecule has 0 saturated heterocycles. The van der Waals surface area contributed by atoms with Gasteiger partial charge in [-0.05, 0) is 12.1 Å². The molecule has 0 amide bonds. The number of ether oxygens (including phenoxy) is 1. The molecule has 1 atom stereocenters. The number of rotatable bonds is 6. The number of benzene rings is 1. The van der Waals surface area contributed by atoms with E-state index in [0.717, 1.165) is 0 Å². The Hall–Kier alpha value is -1.62. The molecule has 0 heterocycles. The summed E-state index contributed by atoms with van der Waals surface area (Å²) in [4.78, 5) is 13.4. The first kappa shape index (κ1) is 15.4. The van der Waals surface area contributed by atoms with Crippen LogP contribution in [0.5, 0.6) is 0 Å². The lowest BCUT2D eigenvalue weighted by Crippen LogP contribution is -2.48. The molecule has 0 radical (unpaired) electrons. The van der Waals surface area contributed by atoms with E-state index in [1.54, 1.807) is 30.1 Å². The van der Waals surface area contributed by atoms with Gasteiger partial charge in [0.15, 0.2) is 0 Å². The minimum Gasteiger partial charge on any atom is -0.468 e. The summed E-state index contributed by atoms with van der Waals surface area (Å²) in [5.74, 6) is -0.657. The molecule has 1 aromatic carbocycles. The Labute approximate surface area is 113 Å². The third-order valence-electron chi connectivity index (χ3n) is 2.74. The fraction of sp³-hybridized carbons (Fsp3) is 0.500. The summed E-state index contributed by atoms with van der Waals surface area (Å²) in [6.45, 7) is 4.23. The number of hydrogen-bond donors (Lipinski definition) is 1. The predicted octanol–water partition coefficient (Wildman–Crippen LogP) is 1.80. The number of para-hydroxylation sites is 1. The number of nitrogens with zero attached hydrogens (tertiary/aromatic N) is 1. The predicted molar refractivity (Wildman–Crippen MR) is 73.7 cm³/mol. The van der Waals surface area contributed by atoms with Crippen LogP contribution in [0.2, 0.25) is 0 Å². The minimum atomic E-state index is -0.491. The molecule has 0 aliphatic rings. The summed E-state index contributed by atoms with van der Waals surface area (Å²) in [6.07, 6.45) is 0. The highest BCUT2D eigenvalue weighted by molar-refractivity contribution is 5.76. The Bertz CT molecular complexity index is 424. The highest BCUT2D eigenvalue weighted by Crippen LogP contribution is 2.17. The van der Waals surface area contributed by atoms with E-state index in [9.17, 15) is 9.18 Å². The number of hydrogen-bond acceptors (Lipinski definition) is 4. The first-order chi connectivity index (χ1) is 8.95. The van der Waals surface area contributed by atoms with Gasteiger partial charge >= 0.3 is 5.97 Å². The Morgan fingerprint density at radius 2 is 2.05 bits per heavy atom. The smallest absolute Gasteiger partial charge is 0.324 e. The van der Waals surface area contributed by atoms with Gasteiger partial charge in [0.05, 0.1) is 12.8 Å². The average Bonchev–Trinajstić information content (AvgIpc) is 2.36. The van der Waals surface area contributed by atoms with Crippen LogP contribution in [0.4, 0.5) is 10.1 Å². The van der Waals surface area contributed by atoms with E-state index in [2.05, 4.69) is 5.32 Å². The average molecular weight is 268 g/mol. The van der Waals surface area contributed by atoms with Crippen LogP contribution < -0.4 is 10.2 Å². The molecule has 0 aromatic heterocycles. The second kappa shape index (κ2) is 7.09. The first-order valence-electron chi connectivity index (χ1n) is 6.25. The molecular formula is C14H21FN2O2. The fourth-order valence-electron chi connectivity index (χ4n) is 1.87. The zero-order valence-electron chi connectivity index (χ0n) is 11.8. The number of halogens is 1. The lowest BCUT2D eigenvalue weighted by Gasteiger charge is -2.26. The van der Waals surface area contributed by atoms with Gasteiger partial charge in [-0.2, -0.15) is 0 Å². The van der Waals surface area contributed by atoms with Crippen molar-refractivity contribution in [3.8, 4) is 0 Å². The van der Waals surface area contributed by atoms with E-state index >= 15 is 0 Å². The monoisotopic (exact) mass is 268 g/mol. The van der Waals surface area contributed by atoms with Crippen LogP contribution in [-0.4, -0.2) is 38.8 Å². The summed E-state index contributed by atoms with van der Waals surface area (Å²) in [5.41, 5.74) is 0.460. The van der Waals surface area contributed by atoms with E-state index in [-0.39, 0.29) is 17.8 Å². The molecule has 1 N–H and O–H groups in total. The topological polar surface area (TPSA) is 41.6 Å². The van der Waals surface area contributed by atoms with E-state index < -0.39 is 6.04 Å². The summed E-state index contributed by atoms with van der Waals surface area (Å²) in [6, 6.07) is 6.12. The van der Waals surface area contributed by atoms with Crippen LogP contribution in [0.15, 0.2) is 24.3 Å². The van der Waals surface area contributed by atoms with Crippen LogP contribution in [-0.2, 0) is 9.53 Å². The number of carbonyl (C=O) groups excluding carboxylic acids is 1. The highest BCUT2D eigenvalue weighted by atomic mass is 19.1. The molecule has 4 nitrogen and oxygen atoms in total. The molecule has 5 heteroatoms. The second-order valence-electron chi connectivity index (χ2n) is 4.73. The van der Waals surface area contributed by atoms with Gasteiger partial charge in [-0.15, -0.1) is 0 Å². The molecule has 0 saturated carbocycles. The maximum absolute atomic E-state index is 13.7. The SMILES string of the molecule is COC(=O)C(CN(C)c1ccccc1F)NC(C)C. The minimum absolute atomic E-state index is 0.137. The Morgan fingerprint density at radius 1 is 1.42 bits per heavy atom. The van der Waals surface area contributed by atoms with Crippen molar-refractivity contribution in [1.29, 1.82) is 0 Å². The molecule has 1 rings (SSSR count). The van der Waals surface area contributed by atoms with Crippen molar-refractivity contribution in [3.63, 3.8) is 0 Å². The van der Waals surface area contributed by atoms with Gasteiger partial charge in [0.25, 0.3) is 0 Å². The number of esters is 1. The summed E-state index contributed by atoms with van der Waals surface area (Å²) >= 11 is 0. The van der Waals surface area contributed by atoms with Gasteiger partial charge in [-0.1, -0.05) is 26.0 Å². The molecule has 1 unspecified atom stereocenters. The van der Waals surface area contributed by atoms with Gasteiger partial charge in [0, 0.05) is 19.6 Å². The van der Waals surface area contributed by atoms with Gasteiger partial charge in [0.1, 0.15) is 11.9 Å².